The minimum Gasteiger partial charge on any atom is -0.488 e. The summed E-state index contributed by atoms with van der Waals surface area (Å²) >= 11 is 19.0. The third-order valence-corrected chi connectivity index (χ3v) is 7.64. The van der Waals surface area contributed by atoms with Crippen LogP contribution in [0.3, 0.4) is 0 Å². The molecular formula is C33H24Cl3N3O. The second-order valence-corrected chi connectivity index (χ2v) is 10.5. The molecule has 40 heavy (non-hydrogen) atoms. The number of hydrogen-bond donors (Lipinski definition) is 0. The zero-order valence-corrected chi connectivity index (χ0v) is 23.6. The molecule has 0 fully saturated rings. The lowest BCUT2D eigenvalue weighted by Gasteiger charge is -2.33. The van der Waals surface area contributed by atoms with Crippen molar-refractivity contribution in [1.29, 1.82) is 0 Å². The van der Waals surface area contributed by atoms with E-state index in [9.17, 15) is 0 Å². The van der Waals surface area contributed by atoms with Gasteiger partial charge in [-0.25, -0.2) is 5.01 Å². The van der Waals surface area contributed by atoms with Gasteiger partial charge in [0.1, 0.15) is 12.4 Å². The summed E-state index contributed by atoms with van der Waals surface area (Å²) in [6.07, 6.45) is -0.378. The fourth-order valence-electron chi connectivity index (χ4n) is 4.73. The van der Waals surface area contributed by atoms with Crippen molar-refractivity contribution in [2.75, 3.05) is 9.91 Å². The Hall–Kier alpha value is -3.96. The summed E-state index contributed by atoms with van der Waals surface area (Å²) in [5, 5.41) is 8.87. The highest BCUT2D eigenvalue weighted by molar-refractivity contribution is 6.42. The van der Waals surface area contributed by atoms with Crippen LogP contribution in [0.2, 0.25) is 15.1 Å². The second kappa shape index (κ2) is 11.6. The maximum absolute atomic E-state index is 6.55. The van der Waals surface area contributed by atoms with Crippen molar-refractivity contribution in [2.24, 2.45) is 5.10 Å². The van der Waals surface area contributed by atoms with E-state index in [4.69, 9.17) is 44.6 Å². The van der Waals surface area contributed by atoms with Crippen LogP contribution in [0.15, 0.2) is 132 Å². The highest BCUT2D eigenvalue weighted by Crippen LogP contribution is 2.44. The third kappa shape index (κ3) is 5.39. The van der Waals surface area contributed by atoms with Gasteiger partial charge in [0, 0.05) is 21.8 Å². The van der Waals surface area contributed by atoms with Crippen molar-refractivity contribution in [3.63, 3.8) is 0 Å². The monoisotopic (exact) mass is 583 g/mol. The summed E-state index contributed by atoms with van der Waals surface area (Å²) in [4.78, 5) is 2.18. The van der Waals surface area contributed by atoms with Crippen molar-refractivity contribution in [2.45, 2.75) is 12.8 Å². The average Bonchev–Trinajstić information content (AvgIpc) is 3.40. The van der Waals surface area contributed by atoms with E-state index in [0.29, 0.717) is 21.7 Å². The van der Waals surface area contributed by atoms with Crippen molar-refractivity contribution >= 4 is 52.0 Å². The van der Waals surface area contributed by atoms with Crippen LogP contribution in [0, 0.1) is 0 Å². The minimum absolute atomic E-state index is 0.378. The Balaban J connectivity index is 1.50. The molecule has 1 atom stereocenters. The molecule has 0 N–H and O–H groups in total. The standard InChI is InChI=1S/C33H24Cl3N3O/c34-25-17-15-23(16-18-25)22-40-31-14-8-7-13-28(31)33-38(27-19-20-29(35)30(36)21-27)32(24-9-3-1-4-10-24)37-39(33)26-11-5-2-6-12-26/h1-21,33H,22H2/t33-/m0/s1. The van der Waals surface area contributed by atoms with Crippen LogP contribution < -0.4 is 14.6 Å². The van der Waals surface area contributed by atoms with E-state index in [0.717, 1.165) is 39.7 Å². The van der Waals surface area contributed by atoms with Gasteiger partial charge in [-0.1, -0.05) is 114 Å². The van der Waals surface area contributed by atoms with Crippen LogP contribution in [-0.4, -0.2) is 5.84 Å². The minimum atomic E-state index is -0.378. The van der Waals surface area contributed by atoms with E-state index < -0.39 is 0 Å². The molecule has 0 bridgehead atoms. The Morgan fingerprint density at radius 3 is 2.05 bits per heavy atom. The predicted molar refractivity (Wildman–Crippen MR) is 166 cm³/mol. The van der Waals surface area contributed by atoms with Crippen LogP contribution in [0.1, 0.15) is 22.9 Å². The molecule has 5 aromatic rings. The van der Waals surface area contributed by atoms with Crippen LogP contribution >= 0.6 is 34.8 Å². The first-order chi connectivity index (χ1) is 19.6. The summed E-state index contributed by atoms with van der Waals surface area (Å²) in [5.41, 5.74) is 4.73. The number of para-hydroxylation sites is 2. The zero-order chi connectivity index (χ0) is 27.5. The topological polar surface area (TPSA) is 28.1 Å². The second-order valence-electron chi connectivity index (χ2n) is 9.26. The zero-order valence-electron chi connectivity index (χ0n) is 21.3. The fourth-order valence-corrected chi connectivity index (χ4v) is 5.15. The van der Waals surface area contributed by atoms with E-state index in [1.54, 1.807) is 0 Å². The average molecular weight is 585 g/mol. The van der Waals surface area contributed by atoms with Crippen LogP contribution in [0.5, 0.6) is 5.75 Å². The molecule has 0 radical (unpaired) electrons. The molecule has 4 nitrogen and oxygen atoms in total. The van der Waals surface area contributed by atoms with E-state index in [1.165, 1.54) is 0 Å². The summed E-state index contributed by atoms with van der Waals surface area (Å²) in [5.74, 6) is 1.53. The molecule has 0 saturated carbocycles. The fraction of sp³-hybridized carbons (Fsp3) is 0.0606. The molecule has 1 aliphatic rings. The summed E-state index contributed by atoms with van der Waals surface area (Å²) < 4.78 is 6.43. The molecule has 5 aromatic carbocycles. The Kier molecular flexibility index (Phi) is 7.65. The number of benzene rings is 5. The van der Waals surface area contributed by atoms with Crippen molar-refractivity contribution < 1.29 is 4.74 Å². The Bertz CT molecular complexity index is 1640. The van der Waals surface area contributed by atoms with Gasteiger partial charge >= 0.3 is 0 Å². The summed E-state index contributed by atoms with van der Waals surface area (Å²) in [6.45, 7) is 0.394. The number of nitrogens with zero attached hydrogens (tertiary/aromatic N) is 3. The van der Waals surface area contributed by atoms with Gasteiger partial charge in [-0.2, -0.15) is 5.10 Å². The van der Waals surface area contributed by atoms with E-state index in [2.05, 4.69) is 35.2 Å². The molecule has 0 spiro atoms. The van der Waals surface area contributed by atoms with Gasteiger partial charge in [-0.3, -0.25) is 4.90 Å². The van der Waals surface area contributed by atoms with Crippen LogP contribution in [0.4, 0.5) is 11.4 Å². The van der Waals surface area contributed by atoms with Gasteiger partial charge in [0.25, 0.3) is 0 Å². The molecule has 0 aromatic heterocycles. The number of hydrazone groups is 1. The lowest BCUT2D eigenvalue weighted by molar-refractivity contribution is 0.301. The Morgan fingerprint density at radius 2 is 1.32 bits per heavy atom. The first-order valence-electron chi connectivity index (χ1n) is 12.8. The molecular weight excluding hydrogens is 561 g/mol. The Morgan fingerprint density at radius 1 is 0.650 bits per heavy atom. The highest BCUT2D eigenvalue weighted by Gasteiger charge is 2.39. The summed E-state index contributed by atoms with van der Waals surface area (Å²) in [6, 6.07) is 41.6. The van der Waals surface area contributed by atoms with Crippen LogP contribution in [0.25, 0.3) is 0 Å². The van der Waals surface area contributed by atoms with Crippen molar-refractivity contribution in [3.05, 3.63) is 159 Å². The number of halogens is 3. The Labute approximate surface area is 248 Å². The van der Waals surface area contributed by atoms with E-state index in [-0.39, 0.29) is 6.17 Å². The van der Waals surface area contributed by atoms with E-state index >= 15 is 0 Å². The normalized spacial score (nSPS) is 14.8. The highest BCUT2D eigenvalue weighted by atomic mass is 35.5. The molecule has 1 heterocycles. The van der Waals surface area contributed by atoms with Crippen LogP contribution in [-0.2, 0) is 6.61 Å². The van der Waals surface area contributed by atoms with Crippen molar-refractivity contribution in [3.8, 4) is 5.75 Å². The number of hydrogen-bond acceptors (Lipinski definition) is 4. The maximum Gasteiger partial charge on any atom is 0.162 e. The number of rotatable bonds is 7. The number of anilines is 2. The first-order valence-corrected chi connectivity index (χ1v) is 13.9. The molecule has 1 aliphatic heterocycles. The van der Waals surface area contributed by atoms with Gasteiger partial charge < -0.3 is 4.74 Å². The van der Waals surface area contributed by atoms with Crippen molar-refractivity contribution in [1.82, 2.24) is 0 Å². The lowest BCUT2D eigenvalue weighted by atomic mass is 10.1. The summed E-state index contributed by atoms with van der Waals surface area (Å²) in [7, 11) is 0. The lowest BCUT2D eigenvalue weighted by Crippen LogP contribution is -2.36. The molecule has 7 heteroatoms. The molecule has 0 saturated heterocycles. The van der Waals surface area contributed by atoms with Gasteiger partial charge in [0.15, 0.2) is 12.0 Å². The first kappa shape index (κ1) is 26.3. The van der Waals surface area contributed by atoms with Gasteiger partial charge in [-0.15, -0.1) is 0 Å². The number of amidine groups is 1. The molecule has 0 unspecified atom stereocenters. The molecule has 198 valence electrons. The SMILES string of the molecule is Clc1ccc(COc2ccccc2[C@@H]2N(c3ccccc3)N=C(c3ccccc3)N2c2ccc(Cl)c(Cl)c2)cc1. The third-order valence-electron chi connectivity index (χ3n) is 6.65. The predicted octanol–water partition coefficient (Wildman–Crippen LogP) is 9.61. The van der Waals surface area contributed by atoms with Gasteiger partial charge in [-0.05, 0) is 54.1 Å². The number of ether oxygens (including phenoxy) is 1. The quantitative estimate of drug-likeness (QED) is 0.191. The van der Waals surface area contributed by atoms with E-state index in [1.807, 2.05) is 102 Å². The van der Waals surface area contributed by atoms with Gasteiger partial charge in [0.2, 0.25) is 0 Å². The maximum atomic E-state index is 6.55. The smallest absolute Gasteiger partial charge is 0.162 e. The van der Waals surface area contributed by atoms with Gasteiger partial charge in [0.05, 0.1) is 15.7 Å². The molecule has 0 aliphatic carbocycles. The largest absolute Gasteiger partial charge is 0.488 e. The molecule has 6 rings (SSSR count). The molecule has 0 amide bonds.